The molecule has 0 spiro atoms. The van der Waals surface area contributed by atoms with Crippen molar-refractivity contribution < 1.29 is 9.63 Å². The van der Waals surface area contributed by atoms with Gasteiger partial charge in [0.1, 0.15) is 0 Å². The van der Waals surface area contributed by atoms with Gasteiger partial charge in [0, 0.05) is 13.0 Å². The number of carbonyl (C=O) groups excluding carboxylic acids is 1. The van der Waals surface area contributed by atoms with E-state index in [1.165, 1.54) is 0 Å². The predicted octanol–water partition coefficient (Wildman–Crippen LogP) is 0.573. The van der Waals surface area contributed by atoms with Gasteiger partial charge in [-0.15, -0.1) is 0 Å². The molecule has 1 amide bonds. The second-order valence-electron chi connectivity index (χ2n) is 2.68. The Hall–Kier alpha value is -0.610. The van der Waals surface area contributed by atoms with Crippen LogP contribution in [0.3, 0.4) is 0 Å². The minimum absolute atomic E-state index is 0.119. The van der Waals surface area contributed by atoms with Gasteiger partial charge in [-0.2, -0.15) is 0 Å². The average molecular weight is 174 g/mol. The van der Waals surface area contributed by atoms with Gasteiger partial charge in [-0.1, -0.05) is 6.92 Å². The highest BCUT2D eigenvalue weighted by atomic mass is 16.6. The molecule has 0 atom stereocenters. The van der Waals surface area contributed by atoms with Crippen LogP contribution in [0.5, 0.6) is 0 Å². The minimum atomic E-state index is 0.119. The summed E-state index contributed by atoms with van der Waals surface area (Å²) in [5.74, 6) is 4.94. The Bertz CT molecular complexity index is 118. The molecule has 0 saturated heterocycles. The molecule has 4 nitrogen and oxygen atoms in total. The van der Waals surface area contributed by atoms with E-state index in [1.807, 2.05) is 6.92 Å². The Labute approximate surface area is 73.4 Å². The van der Waals surface area contributed by atoms with Crippen molar-refractivity contribution in [3.8, 4) is 0 Å². The number of rotatable bonds is 7. The molecular formula is C8H18N2O2. The molecule has 0 aromatic heterocycles. The van der Waals surface area contributed by atoms with Crippen LogP contribution >= 0.6 is 0 Å². The molecule has 0 rings (SSSR count). The molecule has 0 aromatic carbocycles. The summed E-state index contributed by atoms with van der Waals surface area (Å²) in [6.45, 7) is 3.33. The van der Waals surface area contributed by atoms with Crippen LogP contribution in [0.15, 0.2) is 0 Å². The summed E-state index contributed by atoms with van der Waals surface area (Å²) in [5.41, 5.74) is 0. The van der Waals surface area contributed by atoms with E-state index in [4.69, 9.17) is 5.90 Å². The van der Waals surface area contributed by atoms with Gasteiger partial charge in [-0.05, 0) is 19.3 Å². The lowest BCUT2D eigenvalue weighted by Gasteiger charge is -2.02. The monoisotopic (exact) mass is 174 g/mol. The predicted molar refractivity (Wildman–Crippen MR) is 47.3 cm³/mol. The molecular weight excluding hydrogens is 156 g/mol. The number of hydrogen-bond donors (Lipinski definition) is 2. The molecule has 4 heteroatoms. The van der Waals surface area contributed by atoms with E-state index in [2.05, 4.69) is 10.2 Å². The van der Waals surface area contributed by atoms with E-state index < -0.39 is 0 Å². The molecule has 72 valence electrons. The number of nitrogens with one attached hydrogen (secondary N) is 1. The van der Waals surface area contributed by atoms with E-state index in [1.54, 1.807) is 0 Å². The van der Waals surface area contributed by atoms with Crippen molar-refractivity contribution in [1.29, 1.82) is 0 Å². The summed E-state index contributed by atoms with van der Waals surface area (Å²) < 4.78 is 0. The third-order valence-corrected chi connectivity index (χ3v) is 1.49. The largest absolute Gasteiger partial charge is 0.356 e. The van der Waals surface area contributed by atoms with Gasteiger partial charge >= 0.3 is 0 Å². The number of carbonyl (C=O) groups is 1. The first-order valence-corrected chi connectivity index (χ1v) is 4.39. The molecule has 0 aliphatic carbocycles. The highest BCUT2D eigenvalue weighted by molar-refractivity contribution is 5.75. The van der Waals surface area contributed by atoms with E-state index in [0.29, 0.717) is 13.0 Å². The summed E-state index contributed by atoms with van der Waals surface area (Å²) in [4.78, 5) is 15.4. The van der Waals surface area contributed by atoms with Crippen molar-refractivity contribution in [2.24, 2.45) is 5.90 Å². The molecule has 0 saturated carbocycles. The second kappa shape index (κ2) is 8.49. The Balaban J connectivity index is 3.08. The van der Waals surface area contributed by atoms with Crippen LogP contribution in [0.2, 0.25) is 0 Å². The summed E-state index contributed by atoms with van der Waals surface area (Å²) in [7, 11) is 0. The molecule has 0 fully saturated rings. The maximum Gasteiger partial charge on any atom is 0.219 e. The van der Waals surface area contributed by atoms with Crippen LogP contribution in [-0.2, 0) is 9.63 Å². The number of hydrogen-bond acceptors (Lipinski definition) is 3. The van der Waals surface area contributed by atoms with Crippen molar-refractivity contribution in [1.82, 2.24) is 5.32 Å². The molecule has 0 aliphatic heterocycles. The Morgan fingerprint density at radius 2 is 2.25 bits per heavy atom. The first kappa shape index (κ1) is 11.4. The fourth-order valence-corrected chi connectivity index (χ4v) is 0.824. The van der Waals surface area contributed by atoms with Crippen molar-refractivity contribution >= 4 is 5.91 Å². The summed E-state index contributed by atoms with van der Waals surface area (Å²) in [5, 5.41) is 2.80. The highest BCUT2D eigenvalue weighted by Gasteiger charge is 1.98. The SMILES string of the molecule is CCCNC(=O)CCCCON. The van der Waals surface area contributed by atoms with Gasteiger partial charge in [-0.25, -0.2) is 5.90 Å². The molecule has 0 bridgehead atoms. The zero-order chi connectivity index (χ0) is 9.23. The van der Waals surface area contributed by atoms with Crippen LogP contribution in [0.25, 0.3) is 0 Å². The number of nitrogens with two attached hydrogens (primary N) is 1. The third kappa shape index (κ3) is 7.50. The fourth-order valence-electron chi connectivity index (χ4n) is 0.824. The third-order valence-electron chi connectivity index (χ3n) is 1.49. The van der Waals surface area contributed by atoms with E-state index >= 15 is 0 Å². The topological polar surface area (TPSA) is 64.3 Å². The van der Waals surface area contributed by atoms with Gasteiger partial charge in [0.05, 0.1) is 6.61 Å². The molecule has 0 heterocycles. The van der Waals surface area contributed by atoms with Crippen LogP contribution in [0, 0.1) is 0 Å². The first-order chi connectivity index (χ1) is 5.81. The van der Waals surface area contributed by atoms with Gasteiger partial charge in [0.25, 0.3) is 0 Å². The lowest BCUT2D eigenvalue weighted by molar-refractivity contribution is -0.121. The summed E-state index contributed by atoms with van der Waals surface area (Å²) >= 11 is 0. The molecule has 0 aromatic rings. The summed E-state index contributed by atoms with van der Waals surface area (Å²) in [6, 6.07) is 0. The van der Waals surface area contributed by atoms with Gasteiger partial charge in [0.2, 0.25) is 5.91 Å². The van der Waals surface area contributed by atoms with Gasteiger partial charge < -0.3 is 10.2 Å². The standard InChI is InChI=1S/C8H18N2O2/c1-2-6-10-8(11)5-3-4-7-12-9/h2-7,9H2,1H3,(H,10,11). The van der Waals surface area contributed by atoms with Crippen molar-refractivity contribution in [2.75, 3.05) is 13.2 Å². The normalized spacial score (nSPS) is 9.83. The zero-order valence-corrected chi connectivity index (χ0v) is 7.64. The zero-order valence-electron chi connectivity index (χ0n) is 7.64. The highest BCUT2D eigenvalue weighted by Crippen LogP contribution is 1.94. The van der Waals surface area contributed by atoms with Crippen LogP contribution in [-0.4, -0.2) is 19.1 Å². The van der Waals surface area contributed by atoms with Crippen LogP contribution < -0.4 is 11.2 Å². The molecule has 0 radical (unpaired) electrons. The van der Waals surface area contributed by atoms with Crippen LogP contribution in [0.1, 0.15) is 32.6 Å². The maximum absolute atomic E-state index is 11.0. The number of amides is 1. The molecule has 0 aliphatic rings. The molecule has 3 N–H and O–H groups in total. The van der Waals surface area contributed by atoms with Crippen molar-refractivity contribution in [3.05, 3.63) is 0 Å². The van der Waals surface area contributed by atoms with Gasteiger partial charge in [-0.3, -0.25) is 4.79 Å². The lowest BCUT2D eigenvalue weighted by atomic mass is 10.2. The second-order valence-corrected chi connectivity index (χ2v) is 2.68. The van der Waals surface area contributed by atoms with Gasteiger partial charge in [0.15, 0.2) is 0 Å². The maximum atomic E-state index is 11.0. The van der Waals surface area contributed by atoms with Crippen LogP contribution in [0.4, 0.5) is 0 Å². The Kier molecular flexibility index (Phi) is 8.05. The lowest BCUT2D eigenvalue weighted by Crippen LogP contribution is -2.23. The quantitative estimate of drug-likeness (QED) is 0.438. The fraction of sp³-hybridized carbons (Fsp3) is 0.875. The smallest absolute Gasteiger partial charge is 0.219 e. The number of unbranched alkanes of at least 4 members (excludes halogenated alkanes) is 1. The molecule has 0 unspecified atom stereocenters. The van der Waals surface area contributed by atoms with Crippen molar-refractivity contribution in [2.45, 2.75) is 32.6 Å². The van der Waals surface area contributed by atoms with E-state index in [0.717, 1.165) is 25.8 Å². The molecule has 12 heavy (non-hydrogen) atoms. The first-order valence-electron chi connectivity index (χ1n) is 4.39. The van der Waals surface area contributed by atoms with Crippen molar-refractivity contribution in [3.63, 3.8) is 0 Å². The van der Waals surface area contributed by atoms with E-state index in [9.17, 15) is 4.79 Å². The Morgan fingerprint density at radius 3 is 2.83 bits per heavy atom. The van der Waals surface area contributed by atoms with E-state index in [-0.39, 0.29) is 5.91 Å². The Morgan fingerprint density at radius 1 is 1.50 bits per heavy atom. The summed E-state index contributed by atoms with van der Waals surface area (Å²) in [6.07, 6.45) is 3.24. The minimum Gasteiger partial charge on any atom is -0.356 e. The average Bonchev–Trinajstić information content (AvgIpc) is 2.09.